The van der Waals surface area contributed by atoms with Gasteiger partial charge in [0.05, 0.1) is 32.8 Å². The fourth-order valence-corrected chi connectivity index (χ4v) is 6.69. The summed E-state index contributed by atoms with van der Waals surface area (Å²) in [6.45, 7) is 0.332. The molecule has 0 bridgehead atoms. The Morgan fingerprint density at radius 2 is 1.50 bits per heavy atom. The van der Waals surface area contributed by atoms with Crippen molar-refractivity contribution in [2.24, 2.45) is 0 Å². The number of nitrogens with one attached hydrogen (secondary N) is 1. The molecular weight excluding hydrogens is 510 g/mol. The first kappa shape index (κ1) is 27.7. The van der Waals surface area contributed by atoms with Crippen molar-refractivity contribution in [3.8, 4) is 17.2 Å². The second kappa shape index (κ2) is 11.5. The lowest BCUT2D eigenvalue weighted by Crippen LogP contribution is -2.36. The molecule has 3 rings (SSSR count). The van der Waals surface area contributed by atoms with Crippen LogP contribution in [0.15, 0.2) is 46.2 Å². The maximum atomic E-state index is 13.2. The fourth-order valence-electron chi connectivity index (χ4n) is 3.85. The van der Waals surface area contributed by atoms with Gasteiger partial charge in [0, 0.05) is 31.9 Å². The minimum atomic E-state index is -4.03. The number of carbonyl (C=O) groups excluding carboxylic acids is 1. The van der Waals surface area contributed by atoms with E-state index in [1.165, 1.54) is 69.1 Å². The summed E-state index contributed by atoms with van der Waals surface area (Å²) in [5.74, 6) is 0.114. The summed E-state index contributed by atoms with van der Waals surface area (Å²) in [7, 11) is -2.39. The van der Waals surface area contributed by atoms with Crippen molar-refractivity contribution < 1.29 is 35.8 Å². The van der Waals surface area contributed by atoms with Crippen molar-refractivity contribution in [2.75, 3.05) is 53.3 Å². The van der Waals surface area contributed by atoms with Crippen LogP contribution in [0.3, 0.4) is 0 Å². The average Bonchev–Trinajstić information content (AvgIpc) is 2.88. The predicted octanol–water partition coefficient (Wildman–Crippen LogP) is 2.15. The number of ether oxygens (including phenoxy) is 3. The smallest absolute Gasteiger partial charge is 0.246 e. The molecule has 1 aliphatic heterocycles. The van der Waals surface area contributed by atoms with E-state index in [0.717, 1.165) is 23.6 Å². The Morgan fingerprint density at radius 3 is 2.11 bits per heavy atom. The van der Waals surface area contributed by atoms with Crippen LogP contribution in [-0.4, -0.2) is 79.4 Å². The summed E-state index contributed by atoms with van der Waals surface area (Å²) < 4.78 is 70.2. The van der Waals surface area contributed by atoms with Gasteiger partial charge in [-0.05, 0) is 43.2 Å². The highest BCUT2D eigenvalue weighted by Gasteiger charge is 2.30. The molecule has 0 atom stereocenters. The van der Waals surface area contributed by atoms with Crippen molar-refractivity contribution in [1.29, 1.82) is 0 Å². The number of hydrogen-bond acceptors (Lipinski definition) is 8. The highest BCUT2D eigenvalue weighted by molar-refractivity contribution is 7.89. The van der Waals surface area contributed by atoms with E-state index in [1.54, 1.807) is 0 Å². The van der Waals surface area contributed by atoms with Crippen LogP contribution in [0.5, 0.6) is 17.2 Å². The van der Waals surface area contributed by atoms with Crippen molar-refractivity contribution in [1.82, 2.24) is 8.61 Å². The van der Waals surface area contributed by atoms with Gasteiger partial charge in [0.15, 0.2) is 11.5 Å². The molecule has 0 aliphatic carbocycles. The van der Waals surface area contributed by atoms with E-state index in [0.29, 0.717) is 18.8 Å². The Kier molecular flexibility index (Phi) is 8.82. The molecule has 1 aliphatic rings. The Hall–Kier alpha value is -2.87. The number of carbonyl (C=O) groups is 1. The molecule has 1 heterocycles. The predicted molar refractivity (Wildman–Crippen MR) is 134 cm³/mol. The molecule has 0 radical (unpaired) electrons. The molecule has 1 amide bonds. The third-order valence-electron chi connectivity index (χ3n) is 5.81. The van der Waals surface area contributed by atoms with Crippen LogP contribution in [-0.2, 0) is 24.8 Å². The van der Waals surface area contributed by atoms with Crippen LogP contribution in [0.1, 0.15) is 19.3 Å². The summed E-state index contributed by atoms with van der Waals surface area (Å²) in [5.41, 5.74) is 0.202. The lowest BCUT2D eigenvalue weighted by atomic mass is 10.2. The van der Waals surface area contributed by atoms with Gasteiger partial charge in [0.1, 0.15) is 10.6 Å². The van der Waals surface area contributed by atoms with Crippen LogP contribution < -0.4 is 19.5 Å². The number of sulfonamides is 2. The molecule has 2 aromatic rings. The lowest BCUT2D eigenvalue weighted by Gasteiger charge is -2.26. The van der Waals surface area contributed by atoms with Crippen molar-refractivity contribution in [2.45, 2.75) is 29.1 Å². The molecular formula is C23H31N3O8S2. The number of benzene rings is 2. The zero-order chi connectivity index (χ0) is 26.5. The first-order valence-electron chi connectivity index (χ1n) is 11.2. The highest BCUT2D eigenvalue weighted by atomic mass is 32.2. The molecule has 2 aromatic carbocycles. The van der Waals surface area contributed by atoms with Crippen molar-refractivity contribution in [3.63, 3.8) is 0 Å². The minimum absolute atomic E-state index is 0.0593. The topological polar surface area (TPSA) is 132 Å². The average molecular weight is 542 g/mol. The second-order valence-electron chi connectivity index (χ2n) is 8.16. The first-order chi connectivity index (χ1) is 17.0. The standard InChI is InChI=1S/C23H31N3O8S2/c1-25(35(28,29)18-9-11-19(32-2)21(15-18)34-4)16-23(27)24-17-8-10-20(33-3)22(14-17)36(30,31)26-12-6-5-7-13-26/h8-11,14-15H,5-7,12-13,16H2,1-4H3,(H,24,27). The summed E-state index contributed by atoms with van der Waals surface area (Å²) >= 11 is 0. The molecule has 0 unspecified atom stereocenters. The highest BCUT2D eigenvalue weighted by Crippen LogP contribution is 2.32. The molecule has 0 spiro atoms. The minimum Gasteiger partial charge on any atom is -0.495 e. The first-order valence-corrected chi connectivity index (χ1v) is 14.1. The second-order valence-corrected chi connectivity index (χ2v) is 12.1. The van der Waals surface area contributed by atoms with Crippen molar-refractivity contribution in [3.05, 3.63) is 36.4 Å². The van der Waals surface area contributed by atoms with E-state index in [2.05, 4.69) is 5.32 Å². The number of amides is 1. The van der Waals surface area contributed by atoms with Gasteiger partial charge in [-0.2, -0.15) is 8.61 Å². The van der Waals surface area contributed by atoms with Crippen molar-refractivity contribution >= 4 is 31.6 Å². The third kappa shape index (κ3) is 5.91. The Balaban J connectivity index is 1.78. The van der Waals surface area contributed by atoms with Gasteiger partial charge < -0.3 is 19.5 Å². The molecule has 11 nitrogen and oxygen atoms in total. The summed E-state index contributed by atoms with van der Waals surface area (Å²) in [6.07, 6.45) is 2.52. The van der Waals surface area contributed by atoms with Gasteiger partial charge in [0.2, 0.25) is 26.0 Å². The zero-order valence-electron chi connectivity index (χ0n) is 20.7. The normalized spacial score (nSPS) is 14.9. The Bertz CT molecular complexity index is 1310. The number of methoxy groups -OCH3 is 3. The molecule has 1 fully saturated rings. The monoisotopic (exact) mass is 541 g/mol. The molecule has 198 valence electrons. The molecule has 13 heteroatoms. The summed E-state index contributed by atoms with van der Waals surface area (Å²) in [4.78, 5) is 12.6. The molecule has 36 heavy (non-hydrogen) atoms. The largest absolute Gasteiger partial charge is 0.495 e. The van der Waals surface area contributed by atoms with E-state index in [-0.39, 0.29) is 27.0 Å². The molecule has 0 saturated carbocycles. The molecule has 0 aromatic heterocycles. The lowest BCUT2D eigenvalue weighted by molar-refractivity contribution is -0.116. The quantitative estimate of drug-likeness (QED) is 0.484. The Morgan fingerprint density at radius 1 is 0.889 bits per heavy atom. The van der Waals surface area contributed by atoms with E-state index in [1.807, 2.05) is 0 Å². The SMILES string of the molecule is COc1ccc(S(=O)(=O)N(C)CC(=O)Nc2ccc(OC)c(S(=O)(=O)N3CCCCC3)c2)cc1OC. The van der Waals surface area contributed by atoms with E-state index < -0.39 is 32.5 Å². The van der Waals surface area contributed by atoms with Gasteiger partial charge in [-0.25, -0.2) is 16.8 Å². The van der Waals surface area contributed by atoms with Crippen LogP contribution in [0, 0.1) is 0 Å². The van der Waals surface area contributed by atoms with Gasteiger partial charge in [0.25, 0.3) is 0 Å². The third-order valence-corrected chi connectivity index (χ3v) is 9.53. The molecule has 1 saturated heterocycles. The van der Waals surface area contributed by atoms with Gasteiger partial charge in [-0.1, -0.05) is 6.42 Å². The van der Waals surface area contributed by atoms with Gasteiger partial charge >= 0.3 is 0 Å². The molecule has 1 N–H and O–H groups in total. The van der Waals surface area contributed by atoms with Crippen LogP contribution in [0.2, 0.25) is 0 Å². The van der Waals surface area contributed by atoms with Crippen LogP contribution >= 0.6 is 0 Å². The number of anilines is 1. The maximum absolute atomic E-state index is 13.2. The van der Waals surface area contributed by atoms with E-state index in [4.69, 9.17) is 14.2 Å². The maximum Gasteiger partial charge on any atom is 0.246 e. The number of nitrogens with zero attached hydrogens (tertiary/aromatic N) is 2. The summed E-state index contributed by atoms with van der Waals surface area (Å²) in [5, 5.41) is 2.58. The van der Waals surface area contributed by atoms with Gasteiger partial charge in [-0.3, -0.25) is 4.79 Å². The summed E-state index contributed by atoms with van der Waals surface area (Å²) in [6, 6.07) is 8.40. The Labute approximate surface area is 212 Å². The fraction of sp³-hybridized carbons (Fsp3) is 0.435. The van der Waals surface area contributed by atoms with Crippen LogP contribution in [0.4, 0.5) is 5.69 Å². The zero-order valence-corrected chi connectivity index (χ0v) is 22.3. The number of rotatable bonds is 10. The van der Waals surface area contributed by atoms with E-state index in [9.17, 15) is 21.6 Å². The number of likely N-dealkylation sites (N-methyl/N-ethyl adjacent to an activating group) is 1. The number of piperidine rings is 1. The van der Waals surface area contributed by atoms with Gasteiger partial charge in [-0.15, -0.1) is 0 Å². The van der Waals surface area contributed by atoms with Crippen LogP contribution in [0.25, 0.3) is 0 Å². The number of hydrogen-bond donors (Lipinski definition) is 1. The van der Waals surface area contributed by atoms with E-state index >= 15 is 0 Å².